The summed E-state index contributed by atoms with van der Waals surface area (Å²) in [7, 11) is 0. The van der Waals surface area contributed by atoms with E-state index in [2.05, 4.69) is 0 Å². The average molecular weight is 399 g/mol. The predicted octanol–water partition coefficient (Wildman–Crippen LogP) is 6.62. The van der Waals surface area contributed by atoms with Gasteiger partial charge in [0.15, 0.2) is 0 Å². The van der Waals surface area contributed by atoms with Gasteiger partial charge in [-0.2, -0.15) is 13.2 Å². The number of benzene rings is 3. The average Bonchev–Trinajstić information content (AvgIpc) is 2.74. The number of nitrogens with two attached hydrogens (primary N) is 1. The highest BCUT2D eigenvalue weighted by molar-refractivity contribution is 5.65. The second-order valence-electron chi connectivity index (χ2n) is 6.90. The molecule has 3 aromatic carbocycles. The summed E-state index contributed by atoms with van der Waals surface area (Å²) in [5.41, 5.74) is 7.27. The normalized spacial score (nSPS) is 12.6. The van der Waals surface area contributed by atoms with Crippen molar-refractivity contribution >= 4 is 0 Å². The van der Waals surface area contributed by atoms with Gasteiger partial charge in [-0.05, 0) is 66.8 Å². The Bertz CT molecular complexity index is 892. The Morgan fingerprint density at radius 3 is 2.17 bits per heavy atom. The van der Waals surface area contributed by atoms with E-state index < -0.39 is 11.7 Å². The van der Waals surface area contributed by atoms with Gasteiger partial charge in [-0.1, -0.05) is 54.6 Å². The number of halogens is 3. The lowest BCUT2D eigenvalue weighted by atomic mass is 10.0. The van der Waals surface area contributed by atoms with Gasteiger partial charge in [0.25, 0.3) is 0 Å². The van der Waals surface area contributed by atoms with Gasteiger partial charge in [0.05, 0.1) is 5.56 Å². The molecular formula is C24H24F3NO. The maximum Gasteiger partial charge on any atom is 0.416 e. The number of ether oxygens (including phenoxy) is 1. The molecule has 29 heavy (non-hydrogen) atoms. The molecule has 5 heteroatoms. The number of hydrogen-bond donors (Lipinski definition) is 1. The van der Waals surface area contributed by atoms with E-state index in [4.69, 9.17) is 10.5 Å². The van der Waals surface area contributed by atoms with E-state index in [9.17, 15) is 13.2 Å². The Hall–Kier alpha value is -2.79. The number of hydrogen-bond acceptors (Lipinski definition) is 2. The predicted molar refractivity (Wildman–Crippen MR) is 110 cm³/mol. The first-order valence-electron chi connectivity index (χ1n) is 9.67. The molecule has 2 N–H and O–H groups in total. The Balaban J connectivity index is 1.76. The zero-order chi connectivity index (χ0) is 20.7. The van der Waals surface area contributed by atoms with Crippen LogP contribution in [0, 0.1) is 0 Å². The first-order valence-corrected chi connectivity index (χ1v) is 9.67. The molecule has 0 heterocycles. The van der Waals surface area contributed by atoms with Gasteiger partial charge < -0.3 is 10.5 Å². The van der Waals surface area contributed by atoms with Crippen LogP contribution in [-0.2, 0) is 6.18 Å². The van der Waals surface area contributed by atoms with E-state index in [-0.39, 0.29) is 6.10 Å². The molecule has 3 aromatic rings. The van der Waals surface area contributed by atoms with Crippen molar-refractivity contribution in [3.05, 3.63) is 90.0 Å². The van der Waals surface area contributed by atoms with Gasteiger partial charge >= 0.3 is 6.18 Å². The van der Waals surface area contributed by atoms with Crippen LogP contribution in [0.2, 0.25) is 0 Å². The van der Waals surface area contributed by atoms with Crippen molar-refractivity contribution in [2.45, 2.75) is 31.5 Å². The molecule has 1 unspecified atom stereocenters. The van der Waals surface area contributed by atoms with Crippen LogP contribution < -0.4 is 10.5 Å². The summed E-state index contributed by atoms with van der Waals surface area (Å²) in [6.45, 7) is 0.646. The Labute approximate surface area is 169 Å². The fourth-order valence-corrected chi connectivity index (χ4v) is 3.20. The van der Waals surface area contributed by atoms with Gasteiger partial charge in [-0.25, -0.2) is 0 Å². The van der Waals surface area contributed by atoms with E-state index in [1.807, 2.05) is 30.3 Å². The highest BCUT2D eigenvalue weighted by atomic mass is 19.4. The molecule has 152 valence electrons. The molecule has 2 nitrogen and oxygen atoms in total. The lowest BCUT2D eigenvalue weighted by Crippen LogP contribution is -2.09. The topological polar surface area (TPSA) is 35.2 Å². The quantitative estimate of drug-likeness (QED) is 0.432. The zero-order valence-electron chi connectivity index (χ0n) is 16.0. The SMILES string of the molecule is NCCCCC(Oc1ccc(-c2cccc(C(F)(F)F)c2)cc1)c1ccccc1. The van der Waals surface area contributed by atoms with Crippen LogP contribution in [0.4, 0.5) is 13.2 Å². The molecular weight excluding hydrogens is 375 g/mol. The summed E-state index contributed by atoms with van der Waals surface area (Å²) in [4.78, 5) is 0. The van der Waals surface area contributed by atoms with Crippen LogP contribution in [0.1, 0.15) is 36.5 Å². The van der Waals surface area contributed by atoms with Gasteiger partial charge in [0, 0.05) is 0 Å². The summed E-state index contributed by atoms with van der Waals surface area (Å²) < 4.78 is 45.1. The highest BCUT2D eigenvalue weighted by Crippen LogP contribution is 2.33. The molecule has 0 radical (unpaired) electrons. The first-order chi connectivity index (χ1) is 14.0. The van der Waals surface area contributed by atoms with Gasteiger partial charge in [0.1, 0.15) is 11.9 Å². The van der Waals surface area contributed by atoms with Crippen molar-refractivity contribution in [3.8, 4) is 16.9 Å². The second-order valence-corrected chi connectivity index (χ2v) is 6.90. The fraction of sp³-hybridized carbons (Fsp3) is 0.250. The molecule has 0 aromatic heterocycles. The molecule has 0 saturated heterocycles. The Morgan fingerprint density at radius 2 is 1.52 bits per heavy atom. The molecule has 1 atom stereocenters. The van der Waals surface area contributed by atoms with Crippen molar-refractivity contribution in [2.24, 2.45) is 5.73 Å². The standard InChI is InChI=1S/C24H24F3NO/c25-24(26,27)21-10-6-9-20(17-21)18-12-14-22(15-13-18)29-23(11-4-5-16-28)19-7-2-1-3-8-19/h1-3,6-10,12-15,17,23H,4-5,11,16,28H2. The van der Waals surface area contributed by atoms with Crippen LogP contribution in [0.25, 0.3) is 11.1 Å². The molecule has 0 bridgehead atoms. The molecule has 0 spiro atoms. The van der Waals surface area contributed by atoms with Crippen molar-refractivity contribution in [2.75, 3.05) is 6.54 Å². The van der Waals surface area contributed by atoms with Crippen LogP contribution in [0.15, 0.2) is 78.9 Å². The van der Waals surface area contributed by atoms with Gasteiger partial charge in [-0.3, -0.25) is 0 Å². The molecule has 3 rings (SSSR count). The zero-order valence-corrected chi connectivity index (χ0v) is 16.0. The summed E-state index contributed by atoms with van der Waals surface area (Å²) in [6, 6.07) is 22.5. The third-order valence-corrected chi connectivity index (χ3v) is 4.75. The molecule has 0 aliphatic carbocycles. The fourth-order valence-electron chi connectivity index (χ4n) is 3.20. The molecule has 0 aliphatic rings. The van der Waals surface area contributed by atoms with Crippen LogP contribution in [-0.4, -0.2) is 6.54 Å². The number of unbranched alkanes of at least 4 members (excludes halogenated alkanes) is 1. The monoisotopic (exact) mass is 399 g/mol. The molecule has 0 amide bonds. The second kappa shape index (κ2) is 9.61. The Morgan fingerprint density at radius 1 is 0.793 bits per heavy atom. The molecule has 0 fully saturated rings. The summed E-state index contributed by atoms with van der Waals surface area (Å²) in [6.07, 6.45) is -1.72. The van der Waals surface area contributed by atoms with Crippen molar-refractivity contribution in [1.82, 2.24) is 0 Å². The number of alkyl halides is 3. The molecule has 0 aliphatic heterocycles. The van der Waals surface area contributed by atoms with E-state index in [0.717, 1.165) is 37.0 Å². The maximum atomic E-state index is 13.0. The Kier molecular flexibility index (Phi) is 6.94. The van der Waals surface area contributed by atoms with Crippen LogP contribution in [0.5, 0.6) is 5.75 Å². The van der Waals surface area contributed by atoms with Gasteiger partial charge in [0.2, 0.25) is 0 Å². The molecule has 0 saturated carbocycles. The smallest absolute Gasteiger partial charge is 0.416 e. The minimum absolute atomic E-state index is 0.0952. The van der Waals surface area contributed by atoms with Crippen molar-refractivity contribution < 1.29 is 17.9 Å². The lowest BCUT2D eigenvalue weighted by Gasteiger charge is -2.20. The summed E-state index contributed by atoms with van der Waals surface area (Å²) in [5, 5.41) is 0. The van der Waals surface area contributed by atoms with E-state index in [0.29, 0.717) is 23.4 Å². The van der Waals surface area contributed by atoms with Gasteiger partial charge in [-0.15, -0.1) is 0 Å². The summed E-state index contributed by atoms with van der Waals surface area (Å²) in [5.74, 6) is 0.683. The highest BCUT2D eigenvalue weighted by Gasteiger charge is 2.30. The first kappa shape index (κ1) is 20.9. The van der Waals surface area contributed by atoms with Crippen molar-refractivity contribution in [3.63, 3.8) is 0 Å². The maximum absolute atomic E-state index is 13.0. The minimum Gasteiger partial charge on any atom is -0.486 e. The van der Waals surface area contributed by atoms with E-state index in [1.54, 1.807) is 30.3 Å². The third-order valence-electron chi connectivity index (χ3n) is 4.75. The van der Waals surface area contributed by atoms with Crippen LogP contribution >= 0.6 is 0 Å². The minimum atomic E-state index is -4.36. The van der Waals surface area contributed by atoms with Crippen molar-refractivity contribution in [1.29, 1.82) is 0 Å². The summed E-state index contributed by atoms with van der Waals surface area (Å²) >= 11 is 0. The number of rotatable bonds is 8. The largest absolute Gasteiger partial charge is 0.486 e. The lowest BCUT2D eigenvalue weighted by molar-refractivity contribution is -0.137. The van der Waals surface area contributed by atoms with E-state index in [1.165, 1.54) is 6.07 Å². The third kappa shape index (κ3) is 5.84. The van der Waals surface area contributed by atoms with E-state index >= 15 is 0 Å². The van der Waals surface area contributed by atoms with Crippen LogP contribution in [0.3, 0.4) is 0 Å².